The quantitative estimate of drug-likeness (QED) is 0.339. The van der Waals surface area contributed by atoms with Gasteiger partial charge < -0.3 is 4.74 Å². The van der Waals surface area contributed by atoms with Crippen molar-refractivity contribution in [2.24, 2.45) is 0 Å². The van der Waals surface area contributed by atoms with Crippen molar-refractivity contribution in [1.82, 2.24) is 0 Å². The van der Waals surface area contributed by atoms with E-state index in [1.54, 1.807) is 19.1 Å². The van der Waals surface area contributed by atoms with E-state index in [4.69, 9.17) is 0 Å². The van der Waals surface area contributed by atoms with Crippen LogP contribution in [0.4, 0.5) is 5.69 Å². The van der Waals surface area contributed by atoms with Crippen LogP contribution in [0.2, 0.25) is 0 Å². The van der Waals surface area contributed by atoms with Crippen molar-refractivity contribution in [3.05, 3.63) is 46.0 Å². The largest absolute Gasteiger partial charge is 0.466 e. The highest BCUT2D eigenvalue weighted by molar-refractivity contribution is 5.90. The lowest BCUT2D eigenvalue weighted by Crippen LogP contribution is -1.96. The number of benzene rings is 1. The van der Waals surface area contributed by atoms with Gasteiger partial charge in [0.05, 0.1) is 12.0 Å². The minimum atomic E-state index is -0.482. The van der Waals surface area contributed by atoms with Gasteiger partial charge >= 0.3 is 5.97 Å². The van der Waals surface area contributed by atoms with Gasteiger partial charge in [-0.3, -0.25) is 10.1 Å². The zero-order valence-corrected chi connectivity index (χ0v) is 8.97. The smallest absolute Gasteiger partial charge is 0.330 e. The van der Waals surface area contributed by atoms with E-state index in [0.29, 0.717) is 11.1 Å². The minimum absolute atomic E-state index is 0.00452. The monoisotopic (exact) mass is 221 g/mol. The molecule has 0 aliphatic carbocycles. The van der Waals surface area contributed by atoms with Crippen molar-refractivity contribution in [3.8, 4) is 0 Å². The maximum absolute atomic E-state index is 11.0. The van der Waals surface area contributed by atoms with Gasteiger partial charge in [0.25, 0.3) is 5.69 Å². The fourth-order valence-corrected chi connectivity index (χ4v) is 1.18. The van der Waals surface area contributed by atoms with Gasteiger partial charge in [-0.2, -0.15) is 0 Å². The van der Waals surface area contributed by atoms with E-state index < -0.39 is 10.9 Å². The molecule has 0 saturated carbocycles. The lowest BCUT2D eigenvalue weighted by Gasteiger charge is -2.00. The van der Waals surface area contributed by atoms with Gasteiger partial charge in [0.2, 0.25) is 0 Å². The lowest BCUT2D eigenvalue weighted by molar-refractivity contribution is -0.384. The number of non-ortho nitro benzene ring substituents is 1. The normalized spacial score (nSPS) is 11.0. The molecule has 84 valence electrons. The molecule has 1 rings (SSSR count). The number of esters is 1. The first kappa shape index (κ1) is 11.9. The number of nitro groups is 1. The maximum Gasteiger partial charge on any atom is 0.330 e. The molecule has 0 unspecified atom stereocenters. The molecular formula is C11H11NO4. The van der Waals surface area contributed by atoms with Gasteiger partial charge in [-0.15, -0.1) is 0 Å². The summed E-state index contributed by atoms with van der Waals surface area (Å²) < 4.78 is 4.47. The minimum Gasteiger partial charge on any atom is -0.466 e. The first-order valence-corrected chi connectivity index (χ1v) is 4.55. The fraction of sp³-hybridized carbons (Fsp3) is 0.182. The number of carbonyl (C=O) groups excluding carboxylic acids is 1. The van der Waals surface area contributed by atoms with Crippen LogP contribution >= 0.6 is 0 Å². The summed E-state index contributed by atoms with van der Waals surface area (Å²) in [6.45, 7) is 1.69. The van der Waals surface area contributed by atoms with E-state index in [1.807, 2.05) is 0 Å². The highest BCUT2D eigenvalue weighted by Crippen LogP contribution is 2.19. The molecule has 0 aromatic heterocycles. The van der Waals surface area contributed by atoms with Crippen LogP contribution in [-0.4, -0.2) is 18.0 Å². The zero-order valence-electron chi connectivity index (χ0n) is 8.97. The Morgan fingerprint density at radius 2 is 2.19 bits per heavy atom. The third-order valence-electron chi connectivity index (χ3n) is 2.05. The molecule has 5 nitrogen and oxygen atoms in total. The van der Waals surface area contributed by atoms with Crippen molar-refractivity contribution >= 4 is 17.2 Å². The van der Waals surface area contributed by atoms with Gasteiger partial charge in [0.1, 0.15) is 0 Å². The van der Waals surface area contributed by atoms with Crippen LogP contribution in [0.3, 0.4) is 0 Å². The molecule has 0 radical (unpaired) electrons. The Bertz CT molecular complexity index is 451. The van der Waals surface area contributed by atoms with Gasteiger partial charge in [0.15, 0.2) is 0 Å². The van der Waals surface area contributed by atoms with Gasteiger partial charge in [-0.25, -0.2) is 4.79 Å². The second-order valence-corrected chi connectivity index (χ2v) is 3.16. The Kier molecular flexibility index (Phi) is 3.77. The zero-order chi connectivity index (χ0) is 12.1. The molecule has 0 heterocycles. The third kappa shape index (κ3) is 2.91. The average Bonchev–Trinajstić information content (AvgIpc) is 2.28. The van der Waals surface area contributed by atoms with Crippen molar-refractivity contribution in [2.75, 3.05) is 7.11 Å². The Hall–Kier alpha value is -2.17. The molecular weight excluding hydrogens is 210 g/mol. The summed E-state index contributed by atoms with van der Waals surface area (Å²) >= 11 is 0. The Morgan fingerprint density at radius 3 is 2.75 bits per heavy atom. The fourth-order valence-electron chi connectivity index (χ4n) is 1.18. The maximum atomic E-state index is 11.0. The average molecular weight is 221 g/mol. The molecule has 1 aromatic carbocycles. The van der Waals surface area contributed by atoms with Gasteiger partial charge in [0, 0.05) is 18.2 Å². The first-order chi connectivity index (χ1) is 7.54. The summed E-state index contributed by atoms with van der Waals surface area (Å²) in [5, 5.41) is 10.5. The van der Waals surface area contributed by atoms with E-state index in [2.05, 4.69) is 4.74 Å². The van der Waals surface area contributed by atoms with Crippen LogP contribution in [0.25, 0.3) is 5.57 Å². The van der Waals surface area contributed by atoms with Gasteiger partial charge in [-0.05, 0) is 18.1 Å². The number of methoxy groups -OCH3 is 1. The van der Waals surface area contributed by atoms with Crippen LogP contribution in [0.5, 0.6) is 0 Å². The summed E-state index contributed by atoms with van der Waals surface area (Å²) in [5.74, 6) is -0.482. The van der Waals surface area contributed by atoms with Crippen LogP contribution in [0.15, 0.2) is 30.3 Å². The summed E-state index contributed by atoms with van der Waals surface area (Å²) in [7, 11) is 1.28. The van der Waals surface area contributed by atoms with E-state index in [0.717, 1.165) is 0 Å². The molecule has 0 N–H and O–H groups in total. The number of allylic oxidation sites excluding steroid dienone is 1. The Balaban J connectivity index is 3.05. The highest BCUT2D eigenvalue weighted by atomic mass is 16.6. The number of nitro benzene ring substituents is 1. The SMILES string of the molecule is COC(=O)/C=C(/C)c1cccc([N+](=O)[O-])c1. The molecule has 0 fully saturated rings. The summed E-state index contributed by atoms with van der Waals surface area (Å²) in [6.07, 6.45) is 1.29. The van der Waals surface area contributed by atoms with Crippen molar-refractivity contribution < 1.29 is 14.5 Å². The second kappa shape index (κ2) is 5.06. The Morgan fingerprint density at radius 1 is 1.50 bits per heavy atom. The molecule has 0 saturated heterocycles. The Labute approximate surface area is 92.5 Å². The van der Waals surface area contributed by atoms with Crippen molar-refractivity contribution in [1.29, 1.82) is 0 Å². The van der Waals surface area contributed by atoms with Crippen LogP contribution in [0, 0.1) is 10.1 Å². The molecule has 0 aliphatic rings. The summed E-state index contributed by atoms with van der Waals surface area (Å²) in [5.41, 5.74) is 1.24. The first-order valence-electron chi connectivity index (χ1n) is 4.55. The van der Waals surface area contributed by atoms with Crippen LogP contribution < -0.4 is 0 Å². The van der Waals surface area contributed by atoms with Crippen molar-refractivity contribution in [2.45, 2.75) is 6.92 Å². The van der Waals surface area contributed by atoms with Crippen LogP contribution in [0.1, 0.15) is 12.5 Å². The number of hydrogen-bond donors (Lipinski definition) is 0. The lowest BCUT2D eigenvalue weighted by atomic mass is 10.1. The number of ether oxygens (including phenoxy) is 1. The van der Waals surface area contributed by atoms with Gasteiger partial charge in [-0.1, -0.05) is 12.1 Å². The molecule has 0 bridgehead atoms. The highest BCUT2D eigenvalue weighted by Gasteiger charge is 2.07. The molecule has 1 aromatic rings. The van der Waals surface area contributed by atoms with E-state index >= 15 is 0 Å². The number of hydrogen-bond acceptors (Lipinski definition) is 4. The number of nitrogens with zero attached hydrogens (tertiary/aromatic N) is 1. The number of carbonyl (C=O) groups is 1. The van der Waals surface area contributed by atoms with Crippen molar-refractivity contribution in [3.63, 3.8) is 0 Å². The molecule has 16 heavy (non-hydrogen) atoms. The summed E-state index contributed by atoms with van der Waals surface area (Å²) in [4.78, 5) is 21.1. The topological polar surface area (TPSA) is 69.4 Å². The summed E-state index contributed by atoms with van der Waals surface area (Å²) in [6, 6.07) is 6.08. The molecule has 0 atom stereocenters. The van der Waals surface area contributed by atoms with Crippen LogP contribution in [-0.2, 0) is 9.53 Å². The third-order valence-corrected chi connectivity index (χ3v) is 2.05. The van der Waals surface area contributed by atoms with E-state index in [-0.39, 0.29) is 5.69 Å². The predicted octanol–water partition coefficient (Wildman–Crippen LogP) is 2.17. The molecule has 0 aliphatic heterocycles. The molecule has 0 amide bonds. The molecule has 0 spiro atoms. The van der Waals surface area contributed by atoms with E-state index in [9.17, 15) is 14.9 Å². The second-order valence-electron chi connectivity index (χ2n) is 3.16. The standard InChI is InChI=1S/C11H11NO4/c1-8(6-11(13)16-2)9-4-3-5-10(7-9)12(14)15/h3-7H,1-2H3/b8-6-. The predicted molar refractivity (Wildman–Crippen MR) is 58.8 cm³/mol. The van der Waals surface area contributed by atoms with E-state index in [1.165, 1.54) is 25.3 Å². The number of rotatable bonds is 3. The molecule has 5 heteroatoms.